The number of phenolic OH excluding ortho intramolecular Hbond substituents is 1. The number of hydrazine groups is 1. The van der Waals surface area contributed by atoms with Gasteiger partial charge >= 0.3 is 5.97 Å². The molecule has 3 saturated heterocycles. The number of rotatable bonds is 7. The summed E-state index contributed by atoms with van der Waals surface area (Å²) in [5, 5.41) is 14.9. The van der Waals surface area contributed by atoms with Crippen LogP contribution in [0.4, 0.5) is 0 Å². The van der Waals surface area contributed by atoms with Crippen LogP contribution in [0.2, 0.25) is 0 Å². The van der Waals surface area contributed by atoms with Crippen molar-refractivity contribution in [1.29, 1.82) is 0 Å². The second-order valence-corrected chi connectivity index (χ2v) is 11.0. The number of nitrogens with two attached hydrogens (primary N) is 1. The van der Waals surface area contributed by atoms with Crippen molar-refractivity contribution in [1.82, 2.24) is 15.3 Å². The summed E-state index contributed by atoms with van der Waals surface area (Å²) in [4.78, 5) is 66.7. The first-order valence-corrected chi connectivity index (χ1v) is 13.9. The number of hydrogen-bond donors (Lipinski definition) is 3. The molecule has 42 heavy (non-hydrogen) atoms. The minimum absolute atomic E-state index is 0.0176. The van der Waals surface area contributed by atoms with E-state index in [1.807, 2.05) is 30.3 Å². The number of amides is 3. The number of nitrogens with zero attached hydrogens (tertiary/aromatic N) is 2. The highest BCUT2D eigenvalue weighted by atomic mass is 16.7. The summed E-state index contributed by atoms with van der Waals surface area (Å²) in [6.07, 6.45) is -1.04. The number of ether oxygens (including phenoxy) is 2. The summed E-state index contributed by atoms with van der Waals surface area (Å²) >= 11 is 0. The Hall–Kier alpha value is -4.29. The van der Waals surface area contributed by atoms with Crippen LogP contribution in [-0.2, 0) is 35.3 Å². The lowest BCUT2D eigenvalue weighted by Crippen LogP contribution is -2.75. The fourth-order valence-corrected chi connectivity index (χ4v) is 5.74. The molecule has 4 N–H and O–H groups in total. The van der Waals surface area contributed by atoms with Crippen LogP contribution in [0.5, 0.6) is 5.75 Å². The van der Waals surface area contributed by atoms with Crippen molar-refractivity contribution >= 4 is 29.5 Å². The van der Waals surface area contributed by atoms with Crippen molar-refractivity contribution in [2.45, 2.75) is 70.6 Å². The van der Waals surface area contributed by atoms with Crippen LogP contribution in [0, 0.1) is 19.8 Å². The number of ketones is 1. The lowest BCUT2D eigenvalue weighted by Gasteiger charge is -2.49. The molecule has 12 heteroatoms. The van der Waals surface area contributed by atoms with E-state index in [0.29, 0.717) is 17.5 Å². The molecular weight excluding hydrogens is 544 g/mol. The third-order valence-electron chi connectivity index (χ3n) is 8.01. The molecule has 0 spiro atoms. The van der Waals surface area contributed by atoms with E-state index in [2.05, 4.69) is 5.32 Å². The van der Waals surface area contributed by atoms with E-state index in [-0.39, 0.29) is 50.1 Å². The predicted octanol–water partition coefficient (Wildman–Crippen LogP) is 1.60. The Morgan fingerprint density at radius 2 is 1.83 bits per heavy atom. The van der Waals surface area contributed by atoms with Gasteiger partial charge in [0, 0.05) is 18.5 Å². The maximum atomic E-state index is 14.0. The molecule has 3 heterocycles. The number of carbonyl (C=O) groups is 5. The summed E-state index contributed by atoms with van der Waals surface area (Å²) in [5.41, 5.74) is 6.65. The number of Topliss-reactive ketones (excluding diaryl/α,β-unsaturated/α-hetero) is 1. The monoisotopic (exact) mass is 578 g/mol. The molecule has 3 amide bonds. The zero-order valence-corrected chi connectivity index (χ0v) is 23.5. The third-order valence-corrected chi connectivity index (χ3v) is 8.01. The van der Waals surface area contributed by atoms with E-state index in [0.717, 1.165) is 15.6 Å². The number of fused-ring (bicyclic) bond motifs is 1. The van der Waals surface area contributed by atoms with Crippen molar-refractivity contribution in [2.24, 2.45) is 11.7 Å². The van der Waals surface area contributed by atoms with Gasteiger partial charge in [-0.1, -0.05) is 30.3 Å². The molecule has 3 aliphatic heterocycles. The minimum atomic E-state index is -2.01. The number of phenols is 1. The summed E-state index contributed by atoms with van der Waals surface area (Å²) in [6.45, 7) is 3.58. The largest absolute Gasteiger partial charge is 0.507 e. The molecule has 0 aromatic heterocycles. The van der Waals surface area contributed by atoms with Gasteiger partial charge in [-0.2, -0.15) is 0 Å². The van der Waals surface area contributed by atoms with Gasteiger partial charge in [-0.15, -0.1) is 0 Å². The van der Waals surface area contributed by atoms with Gasteiger partial charge in [0.05, 0.1) is 13.0 Å². The Balaban J connectivity index is 1.38. The highest BCUT2D eigenvalue weighted by molar-refractivity contribution is 6.12. The number of benzene rings is 2. The first-order valence-electron chi connectivity index (χ1n) is 13.9. The maximum Gasteiger partial charge on any atom is 0.310 e. The van der Waals surface area contributed by atoms with Crippen LogP contribution >= 0.6 is 0 Å². The molecule has 0 saturated carbocycles. The van der Waals surface area contributed by atoms with Crippen LogP contribution < -0.4 is 11.1 Å². The van der Waals surface area contributed by atoms with Crippen molar-refractivity contribution < 1.29 is 38.6 Å². The quantitative estimate of drug-likeness (QED) is 0.251. The molecule has 0 bridgehead atoms. The van der Waals surface area contributed by atoms with Crippen molar-refractivity contribution in [2.75, 3.05) is 6.54 Å². The molecule has 0 radical (unpaired) electrons. The van der Waals surface area contributed by atoms with Crippen molar-refractivity contribution in [3.8, 4) is 5.75 Å². The summed E-state index contributed by atoms with van der Waals surface area (Å²) in [7, 11) is 0. The van der Waals surface area contributed by atoms with Crippen molar-refractivity contribution in [3.63, 3.8) is 0 Å². The average molecular weight is 579 g/mol. The van der Waals surface area contributed by atoms with Gasteiger partial charge in [0.1, 0.15) is 17.7 Å². The Bertz CT molecular complexity index is 1410. The number of cyclic esters (lactones) is 1. The lowest BCUT2D eigenvalue weighted by molar-refractivity contribution is -0.191. The molecule has 2 aromatic carbocycles. The van der Waals surface area contributed by atoms with Crippen molar-refractivity contribution in [3.05, 3.63) is 64.7 Å². The van der Waals surface area contributed by atoms with Gasteiger partial charge in [0.25, 0.3) is 11.8 Å². The molecule has 222 valence electrons. The smallest absolute Gasteiger partial charge is 0.310 e. The number of nitrogens with one attached hydrogen (secondary N) is 1. The zero-order valence-electron chi connectivity index (χ0n) is 23.5. The lowest BCUT2D eigenvalue weighted by atomic mass is 9.89. The first kappa shape index (κ1) is 29.2. The van der Waals surface area contributed by atoms with Gasteiger partial charge in [0.15, 0.2) is 11.4 Å². The van der Waals surface area contributed by atoms with E-state index in [1.165, 1.54) is 12.1 Å². The number of esters is 1. The second kappa shape index (κ2) is 11.5. The van der Waals surface area contributed by atoms with Gasteiger partial charge in [-0.05, 0) is 61.9 Å². The summed E-state index contributed by atoms with van der Waals surface area (Å²) in [5.74, 6) is -4.30. The first-order chi connectivity index (χ1) is 20.0. The van der Waals surface area contributed by atoms with Crippen LogP contribution in [0.15, 0.2) is 42.5 Å². The van der Waals surface area contributed by atoms with E-state index in [1.54, 1.807) is 13.8 Å². The van der Waals surface area contributed by atoms with E-state index in [9.17, 15) is 29.1 Å². The molecule has 3 aliphatic rings. The molecule has 4 atom stereocenters. The zero-order chi connectivity index (χ0) is 30.2. The Morgan fingerprint density at radius 3 is 2.52 bits per heavy atom. The van der Waals surface area contributed by atoms with Crippen LogP contribution in [0.3, 0.4) is 0 Å². The normalized spacial score (nSPS) is 26.0. The average Bonchev–Trinajstić information content (AvgIpc) is 3.26. The molecule has 4 unspecified atom stereocenters. The molecular formula is C30H34N4O8. The van der Waals surface area contributed by atoms with E-state index in [4.69, 9.17) is 15.2 Å². The molecule has 12 nitrogen and oxygen atoms in total. The Labute approximate surface area is 242 Å². The Morgan fingerprint density at radius 1 is 1.14 bits per heavy atom. The second-order valence-electron chi connectivity index (χ2n) is 11.0. The van der Waals surface area contributed by atoms with Gasteiger partial charge in [0.2, 0.25) is 12.2 Å². The topological polar surface area (TPSA) is 169 Å². The minimum Gasteiger partial charge on any atom is -0.507 e. The van der Waals surface area contributed by atoms with Crippen LogP contribution in [-0.4, -0.2) is 69.1 Å². The summed E-state index contributed by atoms with van der Waals surface area (Å²) < 4.78 is 11.1. The van der Waals surface area contributed by atoms with Gasteiger partial charge < -0.3 is 19.9 Å². The predicted molar refractivity (Wildman–Crippen MR) is 147 cm³/mol. The number of aryl methyl sites for hydroxylation is 2. The number of carbonyl (C=O) groups excluding carboxylic acids is 5. The molecule has 2 aromatic rings. The van der Waals surface area contributed by atoms with E-state index < -0.39 is 53.4 Å². The summed E-state index contributed by atoms with van der Waals surface area (Å²) in [6, 6.07) is 11.3. The highest BCUT2D eigenvalue weighted by Crippen LogP contribution is 2.34. The fraction of sp³-hybridized carbons (Fsp3) is 0.433. The molecule has 0 aliphatic carbocycles. The van der Waals surface area contributed by atoms with Gasteiger partial charge in [-0.25, -0.2) is 10.0 Å². The third kappa shape index (κ3) is 5.47. The molecule has 3 fully saturated rings. The SMILES string of the molecule is Cc1cc(C(=O)C2CCC(=O)N3CCCC(N)(C(=O)NC4CC(=O)OC4OCc4ccccc4)N3C2=O)cc(C)c1O. The highest BCUT2D eigenvalue weighted by Gasteiger charge is 2.54. The molecule has 5 rings (SSSR count). The number of hydrogen-bond acceptors (Lipinski definition) is 9. The standard InChI is InChI=1S/C30H34N4O8/c1-17-13-20(14-18(2)25(17)37)26(38)21-9-10-23(35)33-12-6-11-30(31,34(33)27(21)39)29(40)32-22-15-24(36)42-28(22)41-16-19-7-4-3-5-8-19/h3-5,7-8,13-14,21-22,28,37H,6,9-12,15-16,31H2,1-2H3,(H,32,40). The fourth-order valence-electron chi connectivity index (χ4n) is 5.74. The number of aromatic hydroxyl groups is 1. The van der Waals surface area contributed by atoms with Crippen LogP contribution in [0.25, 0.3) is 0 Å². The van der Waals surface area contributed by atoms with Gasteiger partial charge in [-0.3, -0.25) is 29.7 Å². The van der Waals surface area contributed by atoms with Crippen LogP contribution in [0.1, 0.15) is 59.2 Å². The van der Waals surface area contributed by atoms with E-state index >= 15 is 0 Å². The Kier molecular flexibility index (Phi) is 8.02. The maximum absolute atomic E-state index is 14.0.